The maximum atomic E-state index is 12.4. The van der Waals surface area contributed by atoms with Crippen LogP contribution >= 0.6 is 11.6 Å². The van der Waals surface area contributed by atoms with Crippen molar-refractivity contribution < 1.29 is 19.1 Å². The van der Waals surface area contributed by atoms with Gasteiger partial charge in [-0.2, -0.15) is 0 Å². The first-order chi connectivity index (χ1) is 13.5. The van der Waals surface area contributed by atoms with E-state index >= 15 is 0 Å². The van der Waals surface area contributed by atoms with E-state index in [1.54, 1.807) is 17.0 Å². The fraction of sp³-hybridized carbons (Fsp3) is 0.300. The zero-order chi connectivity index (χ0) is 20.1. The fourth-order valence-corrected chi connectivity index (χ4v) is 3.17. The Morgan fingerprint density at radius 3 is 2.79 bits per heavy atom. The number of pyridine rings is 1. The summed E-state index contributed by atoms with van der Waals surface area (Å²) in [5.74, 6) is -1.50. The van der Waals surface area contributed by atoms with Gasteiger partial charge in [0.15, 0.2) is 6.61 Å². The first-order valence-corrected chi connectivity index (χ1v) is 9.32. The topological polar surface area (TPSA) is 88.6 Å². The Balaban J connectivity index is 1.54. The normalized spacial score (nSPS) is 16.1. The number of esters is 1. The molecule has 1 N–H and O–H groups in total. The highest BCUT2D eigenvalue weighted by Gasteiger charge is 2.37. The van der Waals surface area contributed by atoms with Crippen molar-refractivity contribution in [1.29, 1.82) is 0 Å². The molecule has 0 saturated carbocycles. The van der Waals surface area contributed by atoms with Crippen molar-refractivity contribution in [2.24, 2.45) is 5.92 Å². The van der Waals surface area contributed by atoms with Crippen molar-refractivity contribution in [1.82, 2.24) is 4.98 Å². The molecular formula is C20H20ClN3O4. The summed E-state index contributed by atoms with van der Waals surface area (Å²) in [7, 11) is 0. The molecule has 2 heterocycles. The number of aryl methyl sites for hydroxylation is 1. The largest absolute Gasteiger partial charge is 0.455 e. The quantitative estimate of drug-likeness (QED) is 0.752. The number of aromatic nitrogens is 1. The van der Waals surface area contributed by atoms with Gasteiger partial charge in [-0.3, -0.25) is 14.4 Å². The van der Waals surface area contributed by atoms with Gasteiger partial charge in [0, 0.05) is 24.8 Å². The van der Waals surface area contributed by atoms with Gasteiger partial charge < -0.3 is 15.0 Å². The minimum absolute atomic E-state index is 0.0667. The van der Waals surface area contributed by atoms with Crippen molar-refractivity contribution >= 4 is 40.9 Å². The van der Waals surface area contributed by atoms with E-state index in [1.165, 1.54) is 6.20 Å². The highest BCUT2D eigenvalue weighted by atomic mass is 35.5. The number of nitrogens with one attached hydrogen (secondary N) is 1. The number of ether oxygens (including phenoxy) is 1. The van der Waals surface area contributed by atoms with Gasteiger partial charge in [-0.1, -0.05) is 36.7 Å². The smallest absolute Gasteiger partial charge is 0.311 e. The number of hydrogen-bond acceptors (Lipinski definition) is 5. The summed E-state index contributed by atoms with van der Waals surface area (Å²) in [4.78, 5) is 42.2. The Morgan fingerprint density at radius 2 is 2.07 bits per heavy atom. The van der Waals surface area contributed by atoms with E-state index in [0.717, 1.165) is 17.7 Å². The van der Waals surface area contributed by atoms with Crippen molar-refractivity contribution in [2.75, 3.05) is 23.4 Å². The first-order valence-electron chi connectivity index (χ1n) is 8.94. The van der Waals surface area contributed by atoms with Gasteiger partial charge in [0.05, 0.1) is 10.9 Å². The van der Waals surface area contributed by atoms with Crippen molar-refractivity contribution in [3.05, 3.63) is 53.2 Å². The van der Waals surface area contributed by atoms with E-state index in [0.29, 0.717) is 10.8 Å². The monoisotopic (exact) mass is 401 g/mol. The number of hydrogen-bond donors (Lipinski definition) is 1. The maximum absolute atomic E-state index is 12.4. The van der Waals surface area contributed by atoms with Gasteiger partial charge in [0.25, 0.3) is 5.91 Å². The van der Waals surface area contributed by atoms with Crippen LogP contribution in [0.2, 0.25) is 5.02 Å². The molecule has 1 aromatic carbocycles. The molecule has 1 aromatic heterocycles. The summed E-state index contributed by atoms with van der Waals surface area (Å²) in [5, 5.41) is 2.96. The van der Waals surface area contributed by atoms with Crippen LogP contribution in [0.3, 0.4) is 0 Å². The van der Waals surface area contributed by atoms with E-state index in [2.05, 4.69) is 10.3 Å². The molecule has 2 aromatic rings. The Hall–Kier alpha value is -2.93. The molecule has 8 heteroatoms. The van der Waals surface area contributed by atoms with Gasteiger partial charge >= 0.3 is 5.97 Å². The fourth-order valence-electron chi connectivity index (χ4n) is 3.05. The third-order valence-electron chi connectivity index (χ3n) is 4.46. The Bertz CT molecular complexity index is 885. The maximum Gasteiger partial charge on any atom is 0.311 e. The average molecular weight is 402 g/mol. The highest BCUT2D eigenvalue weighted by molar-refractivity contribution is 6.30. The van der Waals surface area contributed by atoms with Crippen molar-refractivity contribution in [3.8, 4) is 0 Å². The summed E-state index contributed by atoms with van der Waals surface area (Å²) in [6, 6.07) is 10.7. The number of benzene rings is 1. The molecule has 0 spiro atoms. The first kappa shape index (κ1) is 19.8. The van der Waals surface area contributed by atoms with Crippen LogP contribution in [-0.2, 0) is 25.5 Å². The summed E-state index contributed by atoms with van der Waals surface area (Å²) in [6.45, 7) is 1.81. The van der Waals surface area contributed by atoms with E-state index in [1.807, 2.05) is 31.2 Å². The predicted octanol–water partition coefficient (Wildman–Crippen LogP) is 2.83. The second-order valence-corrected chi connectivity index (χ2v) is 6.84. The van der Waals surface area contributed by atoms with Gasteiger partial charge in [0.2, 0.25) is 5.91 Å². The van der Waals surface area contributed by atoms with Gasteiger partial charge in [0.1, 0.15) is 5.82 Å². The van der Waals surface area contributed by atoms with E-state index in [-0.39, 0.29) is 18.9 Å². The minimum atomic E-state index is -0.598. The van der Waals surface area contributed by atoms with Crippen molar-refractivity contribution in [3.63, 3.8) is 0 Å². The second kappa shape index (κ2) is 8.84. The van der Waals surface area contributed by atoms with Crippen LogP contribution in [0.4, 0.5) is 11.5 Å². The number of halogens is 1. The molecule has 146 valence electrons. The number of nitrogens with zero attached hydrogens (tertiary/aromatic N) is 2. The van der Waals surface area contributed by atoms with Crippen LogP contribution in [0.1, 0.15) is 18.9 Å². The average Bonchev–Trinajstić information content (AvgIpc) is 3.09. The molecule has 0 radical (unpaired) electrons. The van der Waals surface area contributed by atoms with E-state index in [9.17, 15) is 14.4 Å². The Morgan fingerprint density at radius 1 is 1.29 bits per heavy atom. The van der Waals surface area contributed by atoms with Crippen molar-refractivity contribution in [2.45, 2.75) is 19.8 Å². The zero-order valence-corrected chi connectivity index (χ0v) is 16.1. The molecule has 2 amide bonds. The molecular weight excluding hydrogens is 382 g/mol. The van der Waals surface area contributed by atoms with Crippen LogP contribution in [-0.4, -0.2) is 35.9 Å². The van der Waals surface area contributed by atoms with Crippen LogP contribution in [0.25, 0.3) is 0 Å². The van der Waals surface area contributed by atoms with Crippen LogP contribution in [0.5, 0.6) is 0 Å². The number of para-hydroxylation sites is 1. The lowest BCUT2D eigenvalue weighted by Gasteiger charge is -2.19. The zero-order valence-electron chi connectivity index (χ0n) is 15.4. The lowest BCUT2D eigenvalue weighted by molar-refractivity contribution is -0.151. The summed E-state index contributed by atoms with van der Waals surface area (Å²) in [6.07, 6.45) is 2.25. The van der Waals surface area contributed by atoms with Gasteiger partial charge in [-0.15, -0.1) is 0 Å². The van der Waals surface area contributed by atoms with Crippen LogP contribution in [0.15, 0.2) is 42.6 Å². The lowest BCUT2D eigenvalue weighted by atomic mass is 10.1. The Labute approximate surface area is 167 Å². The summed E-state index contributed by atoms with van der Waals surface area (Å²) < 4.78 is 5.09. The standard InChI is InChI=1S/C20H20ClN3O4/c1-2-13-5-3-4-6-16(13)24-11-14(9-19(24)26)20(27)28-12-18(25)23-17-8-7-15(21)10-22-17/h3-8,10,14H,2,9,11-12H2,1H3,(H,22,23,25)/t14-/m0/s1. The SMILES string of the molecule is CCc1ccccc1N1C[C@@H](C(=O)OCC(=O)Nc2ccc(Cl)cn2)CC1=O. The van der Waals surface area contributed by atoms with Crippen LogP contribution in [0, 0.1) is 5.92 Å². The molecule has 0 bridgehead atoms. The minimum Gasteiger partial charge on any atom is -0.455 e. The third-order valence-corrected chi connectivity index (χ3v) is 4.69. The van der Waals surface area contributed by atoms with E-state index in [4.69, 9.17) is 16.3 Å². The number of rotatable bonds is 6. The molecule has 1 atom stereocenters. The molecule has 3 rings (SSSR count). The predicted molar refractivity (Wildman–Crippen MR) is 105 cm³/mol. The molecule has 1 fully saturated rings. The highest BCUT2D eigenvalue weighted by Crippen LogP contribution is 2.29. The number of amides is 2. The lowest BCUT2D eigenvalue weighted by Crippen LogP contribution is -2.28. The molecule has 1 aliphatic heterocycles. The van der Waals surface area contributed by atoms with Crippen LogP contribution < -0.4 is 10.2 Å². The number of carbonyl (C=O) groups is 3. The van der Waals surface area contributed by atoms with Gasteiger partial charge in [-0.25, -0.2) is 4.98 Å². The molecule has 1 aliphatic rings. The molecule has 1 saturated heterocycles. The number of anilines is 2. The molecule has 28 heavy (non-hydrogen) atoms. The third kappa shape index (κ3) is 4.67. The molecule has 7 nitrogen and oxygen atoms in total. The summed E-state index contributed by atoms with van der Waals surface area (Å²) >= 11 is 5.73. The second-order valence-electron chi connectivity index (χ2n) is 6.41. The molecule has 0 unspecified atom stereocenters. The molecule has 0 aliphatic carbocycles. The van der Waals surface area contributed by atoms with E-state index < -0.39 is 24.4 Å². The number of carbonyl (C=O) groups excluding carboxylic acids is 3. The van der Waals surface area contributed by atoms with Gasteiger partial charge in [-0.05, 0) is 30.2 Å². The Kier molecular flexibility index (Phi) is 6.26. The summed E-state index contributed by atoms with van der Waals surface area (Å²) in [5.41, 5.74) is 1.86.